The van der Waals surface area contributed by atoms with Crippen LogP contribution in [0.5, 0.6) is 0 Å². The molecule has 3 rings (SSSR count). The third-order valence-electron chi connectivity index (χ3n) is 5.43. The van der Waals surface area contributed by atoms with Crippen molar-refractivity contribution >= 4 is 11.6 Å². The van der Waals surface area contributed by atoms with E-state index in [1.54, 1.807) is 22.9 Å². The molecule has 0 unspecified atom stereocenters. The van der Waals surface area contributed by atoms with Crippen molar-refractivity contribution in [2.24, 2.45) is 5.92 Å². The smallest absolute Gasteiger partial charge is 0.297 e. The predicted molar refractivity (Wildman–Crippen MR) is 123 cm³/mol. The Morgan fingerprint density at radius 1 is 0.935 bits per heavy atom. The Morgan fingerprint density at radius 2 is 1.58 bits per heavy atom. The molecule has 31 heavy (non-hydrogen) atoms. The number of carbonyl (C=O) groups excluding carboxylic acids is 2. The molecular weight excluding hydrogens is 388 g/mol. The first kappa shape index (κ1) is 22.5. The normalized spacial score (nSPS) is 12.2. The van der Waals surface area contributed by atoms with Crippen molar-refractivity contribution < 1.29 is 9.59 Å². The Kier molecular flexibility index (Phi) is 7.06. The van der Waals surface area contributed by atoms with E-state index in [4.69, 9.17) is 0 Å². The van der Waals surface area contributed by atoms with Crippen molar-refractivity contribution in [1.29, 1.82) is 0 Å². The minimum atomic E-state index is -0.590. The van der Waals surface area contributed by atoms with Crippen LogP contribution < -0.4 is 5.69 Å². The highest BCUT2D eigenvalue weighted by Gasteiger charge is 2.26. The van der Waals surface area contributed by atoms with Crippen molar-refractivity contribution in [3.05, 3.63) is 93.7 Å². The molecule has 1 aromatic heterocycles. The van der Waals surface area contributed by atoms with Gasteiger partial charge < -0.3 is 0 Å². The van der Waals surface area contributed by atoms with Crippen molar-refractivity contribution in [3.63, 3.8) is 0 Å². The molecule has 3 aromatic rings. The molecule has 0 aliphatic rings. The molecular formula is C26H30N2O3. The second-order valence-electron chi connectivity index (χ2n) is 8.61. The zero-order valence-electron chi connectivity index (χ0n) is 18.7. The van der Waals surface area contributed by atoms with Crippen LogP contribution in [0.3, 0.4) is 0 Å². The lowest BCUT2D eigenvalue weighted by molar-refractivity contribution is -0.123. The Labute approximate surface area is 183 Å². The highest BCUT2D eigenvalue weighted by Crippen LogP contribution is 2.20. The van der Waals surface area contributed by atoms with Crippen molar-refractivity contribution in [2.75, 3.05) is 0 Å². The van der Waals surface area contributed by atoms with Gasteiger partial charge in [0.25, 0.3) is 0 Å². The van der Waals surface area contributed by atoms with Crippen molar-refractivity contribution in [1.82, 2.24) is 9.13 Å². The van der Waals surface area contributed by atoms with E-state index in [1.165, 1.54) is 4.57 Å². The highest BCUT2D eigenvalue weighted by atomic mass is 16.2. The zero-order chi connectivity index (χ0) is 22.5. The van der Waals surface area contributed by atoms with Gasteiger partial charge in [-0.25, -0.2) is 4.79 Å². The van der Waals surface area contributed by atoms with Crippen LogP contribution in [-0.2, 0) is 17.8 Å². The molecule has 0 fully saturated rings. The Balaban J connectivity index is 1.93. The molecule has 5 heteroatoms. The van der Waals surface area contributed by atoms with Gasteiger partial charge in [-0.1, -0.05) is 74.0 Å². The van der Waals surface area contributed by atoms with Gasteiger partial charge in [-0.3, -0.25) is 18.7 Å². The summed E-state index contributed by atoms with van der Waals surface area (Å²) >= 11 is 0. The molecule has 1 heterocycles. The standard InChI is InChI=1S/C26H30N2O3/c1-18(2)14-24(29)23(15-21-8-6-5-7-9-21)28-20(4)16-27(26(28)31)17-25(30)22-12-10-19(3)11-13-22/h5-13,16,18,23H,14-15,17H2,1-4H3/t23-/m1/s1. The van der Waals surface area contributed by atoms with Gasteiger partial charge >= 0.3 is 5.69 Å². The van der Waals surface area contributed by atoms with Crippen LogP contribution in [0.15, 0.2) is 65.6 Å². The number of ketones is 2. The summed E-state index contributed by atoms with van der Waals surface area (Å²) in [6, 6.07) is 16.4. The van der Waals surface area contributed by atoms with Crippen LogP contribution in [0, 0.1) is 19.8 Å². The van der Waals surface area contributed by atoms with E-state index in [-0.39, 0.29) is 29.7 Å². The van der Waals surface area contributed by atoms with Gasteiger partial charge in [-0.2, -0.15) is 0 Å². The number of hydrogen-bond acceptors (Lipinski definition) is 3. The lowest BCUT2D eigenvalue weighted by atomic mass is 9.96. The topological polar surface area (TPSA) is 61.1 Å². The maximum Gasteiger partial charge on any atom is 0.329 e. The second-order valence-corrected chi connectivity index (χ2v) is 8.61. The minimum absolute atomic E-state index is 0.0339. The predicted octanol–water partition coefficient (Wildman–Crippen LogP) is 4.55. The third kappa shape index (κ3) is 5.48. The molecule has 0 radical (unpaired) electrons. The fraction of sp³-hybridized carbons (Fsp3) is 0.346. The number of benzene rings is 2. The number of carbonyl (C=O) groups is 2. The largest absolute Gasteiger partial charge is 0.329 e. The average Bonchev–Trinajstić information content (AvgIpc) is 3.00. The summed E-state index contributed by atoms with van der Waals surface area (Å²) in [5.41, 5.74) is 3.00. The van der Waals surface area contributed by atoms with Crippen LogP contribution in [0.25, 0.3) is 0 Å². The van der Waals surface area contributed by atoms with Crippen molar-refractivity contribution in [2.45, 2.75) is 53.1 Å². The molecule has 0 saturated heterocycles. The summed E-state index contributed by atoms with van der Waals surface area (Å²) in [6.45, 7) is 7.72. The minimum Gasteiger partial charge on any atom is -0.297 e. The fourth-order valence-corrected chi connectivity index (χ4v) is 3.83. The van der Waals surface area contributed by atoms with Gasteiger partial charge in [0.1, 0.15) is 6.04 Å². The van der Waals surface area contributed by atoms with E-state index >= 15 is 0 Å². The van der Waals surface area contributed by atoms with E-state index in [2.05, 4.69) is 0 Å². The molecule has 0 saturated carbocycles. The molecule has 5 nitrogen and oxygen atoms in total. The molecule has 0 amide bonds. The highest BCUT2D eigenvalue weighted by molar-refractivity contribution is 5.95. The molecule has 0 bridgehead atoms. The molecule has 162 valence electrons. The van der Waals surface area contributed by atoms with Gasteiger partial charge in [-0.15, -0.1) is 0 Å². The molecule has 0 aliphatic carbocycles. The maximum atomic E-state index is 13.3. The SMILES string of the molecule is Cc1ccc(C(=O)Cn2cc(C)n([C@H](Cc3ccccc3)C(=O)CC(C)C)c2=O)cc1. The molecule has 0 N–H and O–H groups in total. The molecule has 2 aromatic carbocycles. The summed E-state index contributed by atoms with van der Waals surface area (Å²) in [5.74, 6) is 0.103. The quantitative estimate of drug-likeness (QED) is 0.479. The van der Waals surface area contributed by atoms with E-state index in [9.17, 15) is 14.4 Å². The van der Waals surface area contributed by atoms with Crippen molar-refractivity contribution in [3.8, 4) is 0 Å². The van der Waals surface area contributed by atoms with Gasteiger partial charge in [-0.05, 0) is 25.3 Å². The Hall–Kier alpha value is -3.21. The third-order valence-corrected chi connectivity index (χ3v) is 5.43. The number of nitrogens with zero attached hydrogens (tertiary/aromatic N) is 2. The number of aromatic nitrogens is 2. The van der Waals surface area contributed by atoms with Gasteiger partial charge in [0.15, 0.2) is 11.6 Å². The Bertz CT molecular complexity index is 1110. The first-order valence-electron chi connectivity index (χ1n) is 10.7. The monoisotopic (exact) mass is 418 g/mol. The van der Waals surface area contributed by atoms with Crippen LogP contribution in [0.1, 0.15) is 53.5 Å². The van der Waals surface area contributed by atoms with E-state index in [1.807, 2.05) is 70.2 Å². The van der Waals surface area contributed by atoms with Crippen LogP contribution >= 0.6 is 0 Å². The summed E-state index contributed by atoms with van der Waals surface area (Å²) in [7, 11) is 0. The summed E-state index contributed by atoms with van der Waals surface area (Å²) in [6.07, 6.45) is 2.52. The number of hydrogen-bond donors (Lipinski definition) is 0. The second kappa shape index (κ2) is 9.73. The first-order valence-corrected chi connectivity index (χ1v) is 10.7. The summed E-state index contributed by atoms with van der Waals surface area (Å²) in [4.78, 5) is 39.1. The van der Waals surface area contributed by atoms with Gasteiger partial charge in [0.05, 0.1) is 6.54 Å². The van der Waals surface area contributed by atoms with Crippen LogP contribution in [0.4, 0.5) is 0 Å². The lowest BCUT2D eigenvalue weighted by Crippen LogP contribution is -2.34. The van der Waals surface area contributed by atoms with E-state index < -0.39 is 6.04 Å². The van der Waals surface area contributed by atoms with E-state index in [0.29, 0.717) is 24.1 Å². The zero-order valence-corrected chi connectivity index (χ0v) is 18.7. The summed E-state index contributed by atoms with van der Waals surface area (Å²) in [5, 5.41) is 0. The average molecular weight is 419 g/mol. The number of Topliss-reactive ketones (excluding diaryl/α,β-unsaturated/α-hetero) is 2. The molecule has 0 aliphatic heterocycles. The van der Waals surface area contributed by atoms with Crippen LogP contribution in [-0.4, -0.2) is 20.7 Å². The maximum absolute atomic E-state index is 13.3. The first-order chi connectivity index (χ1) is 14.8. The van der Waals surface area contributed by atoms with Gasteiger partial charge in [0.2, 0.25) is 0 Å². The fourth-order valence-electron chi connectivity index (χ4n) is 3.83. The van der Waals surface area contributed by atoms with Gasteiger partial charge in [0, 0.05) is 30.3 Å². The number of imidazole rings is 1. The molecule has 0 spiro atoms. The van der Waals surface area contributed by atoms with E-state index in [0.717, 1.165) is 11.1 Å². The Morgan fingerprint density at radius 3 is 2.19 bits per heavy atom. The number of rotatable bonds is 9. The molecule has 1 atom stereocenters. The summed E-state index contributed by atoms with van der Waals surface area (Å²) < 4.78 is 2.97. The van der Waals surface area contributed by atoms with Crippen LogP contribution in [0.2, 0.25) is 0 Å². The number of aryl methyl sites for hydroxylation is 2. The lowest BCUT2D eigenvalue weighted by Gasteiger charge is -2.19.